The van der Waals surface area contributed by atoms with Crippen molar-refractivity contribution in [3.05, 3.63) is 5.38 Å². The fraction of sp³-hybridized carbons (Fsp3) is 0.333. The Kier molecular flexibility index (Phi) is 6.54. The highest BCUT2D eigenvalue weighted by molar-refractivity contribution is 7.14. The molecule has 1 aromatic heterocycles. The van der Waals surface area contributed by atoms with Gasteiger partial charge in [-0.25, -0.2) is 4.79 Å². The number of halogens is 2. The molecule has 0 radical (unpaired) electrons. The molecule has 0 aliphatic heterocycles. The molecule has 7 nitrogen and oxygen atoms in total. The fourth-order valence-corrected chi connectivity index (χ4v) is 1.68. The lowest BCUT2D eigenvalue weighted by atomic mass is 10.6. The second-order valence-electron chi connectivity index (χ2n) is 3.06. The Hall–Kier alpha value is -1.38. The second-order valence-corrected chi connectivity index (χ2v) is 4.45. The summed E-state index contributed by atoms with van der Waals surface area (Å²) < 4.78 is 4.82. The van der Waals surface area contributed by atoms with Crippen molar-refractivity contribution < 1.29 is 19.1 Å². The van der Waals surface area contributed by atoms with E-state index in [0.29, 0.717) is 0 Å². The van der Waals surface area contributed by atoms with E-state index in [2.05, 4.69) is 15.6 Å². The highest BCUT2D eigenvalue weighted by Crippen LogP contribution is 2.20. The number of aromatic nitrogens is 1. The number of rotatable bonds is 6. The molecular weight excluding hydrogens is 317 g/mol. The summed E-state index contributed by atoms with van der Waals surface area (Å²) in [7, 11) is 0. The second kappa shape index (κ2) is 7.93. The van der Waals surface area contributed by atoms with Gasteiger partial charge in [-0.3, -0.25) is 9.59 Å². The predicted molar refractivity (Wildman–Crippen MR) is 70.8 cm³/mol. The molecule has 0 unspecified atom stereocenters. The predicted octanol–water partition coefficient (Wildman–Crippen LogP) is 0.581. The zero-order valence-electron chi connectivity index (χ0n) is 9.44. The van der Waals surface area contributed by atoms with Crippen LogP contribution in [0.5, 0.6) is 5.88 Å². The van der Waals surface area contributed by atoms with Crippen LogP contribution < -0.4 is 15.4 Å². The molecule has 1 heterocycles. The van der Waals surface area contributed by atoms with Crippen LogP contribution in [-0.4, -0.2) is 41.1 Å². The van der Waals surface area contributed by atoms with Gasteiger partial charge in [0.15, 0.2) is 5.13 Å². The number of ether oxygens (including phenoxy) is 1. The van der Waals surface area contributed by atoms with Crippen LogP contribution in [0, 0.1) is 0 Å². The van der Waals surface area contributed by atoms with E-state index in [1.165, 1.54) is 5.38 Å². The van der Waals surface area contributed by atoms with Gasteiger partial charge in [0.25, 0.3) is 0 Å². The van der Waals surface area contributed by atoms with E-state index >= 15 is 0 Å². The first-order chi connectivity index (χ1) is 9.05. The van der Waals surface area contributed by atoms with Gasteiger partial charge in [-0.05, 0) is 0 Å². The minimum atomic E-state index is -0.695. The van der Waals surface area contributed by atoms with E-state index in [1.807, 2.05) is 0 Å². The van der Waals surface area contributed by atoms with Crippen LogP contribution in [0.15, 0.2) is 5.38 Å². The summed E-state index contributed by atoms with van der Waals surface area (Å²) in [6.07, 6.45) is 0. The molecule has 0 bridgehead atoms. The van der Waals surface area contributed by atoms with Crippen molar-refractivity contribution in [2.75, 3.05) is 23.6 Å². The topological polar surface area (TPSA) is 97.4 Å². The molecule has 1 aromatic rings. The maximum absolute atomic E-state index is 11.3. The minimum absolute atomic E-state index is 0.0278. The summed E-state index contributed by atoms with van der Waals surface area (Å²) in [6.45, 7) is -0.313. The fourth-order valence-electron chi connectivity index (χ4n) is 0.887. The highest BCUT2D eigenvalue weighted by Gasteiger charge is 2.11. The summed E-state index contributed by atoms with van der Waals surface area (Å²) in [5, 5.41) is 6.34. The van der Waals surface area contributed by atoms with Gasteiger partial charge in [0.05, 0.1) is 5.38 Å². The van der Waals surface area contributed by atoms with Crippen LogP contribution in [0.3, 0.4) is 0 Å². The summed E-state index contributed by atoms with van der Waals surface area (Å²) in [4.78, 5) is 36.9. The van der Waals surface area contributed by atoms with Crippen molar-refractivity contribution >= 4 is 57.5 Å². The number of nitrogens with zero attached hydrogens (tertiary/aromatic N) is 1. The summed E-state index contributed by atoms with van der Waals surface area (Å²) in [6, 6.07) is 0. The smallest absolute Gasteiger partial charge is 0.332 e. The zero-order valence-corrected chi connectivity index (χ0v) is 11.8. The molecule has 0 aromatic carbocycles. The number of alkyl halides is 2. The zero-order chi connectivity index (χ0) is 14.3. The first-order valence-corrected chi connectivity index (χ1v) is 6.84. The quantitative estimate of drug-likeness (QED) is 0.589. The number of nitrogens with one attached hydrogen (secondary N) is 2. The Morgan fingerprint density at radius 3 is 2.58 bits per heavy atom. The van der Waals surface area contributed by atoms with Gasteiger partial charge in [-0.2, -0.15) is 4.98 Å². The van der Waals surface area contributed by atoms with Gasteiger partial charge in [0.2, 0.25) is 17.7 Å². The normalized spacial score (nSPS) is 9.79. The van der Waals surface area contributed by atoms with Crippen LogP contribution in [0.1, 0.15) is 0 Å². The van der Waals surface area contributed by atoms with Crippen LogP contribution >= 0.6 is 34.5 Å². The third kappa shape index (κ3) is 5.86. The number of carbonyl (C=O) groups is 3. The molecule has 2 N–H and O–H groups in total. The van der Waals surface area contributed by atoms with Crippen molar-refractivity contribution in [3.8, 4) is 5.88 Å². The lowest BCUT2D eigenvalue weighted by Gasteiger charge is -2.02. The third-order valence-corrected chi connectivity index (χ3v) is 2.84. The number of anilines is 1. The number of thiazole rings is 1. The summed E-state index contributed by atoms with van der Waals surface area (Å²) >= 11 is 11.6. The Balaban J connectivity index is 2.42. The lowest BCUT2D eigenvalue weighted by Crippen LogP contribution is -2.32. The number of carbonyl (C=O) groups excluding carboxylic acids is 3. The van der Waals surface area contributed by atoms with E-state index in [-0.39, 0.29) is 29.3 Å². The van der Waals surface area contributed by atoms with Crippen molar-refractivity contribution in [3.63, 3.8) is 0 Å². The van der Waals surface area contributed by atoms with Crippen LogP contribution in [0.25, 0.3) is 0 Å². The van der Waals surface area contributed by atoms with Crippen molar-refractivity contribution in [2.45, 2.75) is 0 Å². The van der Waals surface area contributed by atoms with Crippen molar-refractivity contribution in [2.24, 2.45) is 0 Å². The summed E-state index contributed by atoms with van der Waals surface area (Å²) in [5.41, 5.74) is 0. The van der Waals surface area contributed by atoms with Gasteiger partial charge in [-0.15, -0.1) is 34.5 Å². The monoisotopic (exact) mass is 325 g/mol. The Bertz CT molecular complexity index is 480. The maximum atomic E-state index is 11.3. The van der Waals surface area contributed by atoms with E-state index < -0.39 is 17.8 Å². The Labute approximate surface area is 122 Å². The molecule has 0 atom stereocenters. The van der Waals surface area contributed by atoms with Crippen LogP contribution in [0.2, 0.25) is 0 Å². The molecule has 2 amide bonds. The van der Waals surface area contributed by atoms with Gasteiger partial charge >= 0.3 is 5.97 Å². The highest BCUT2D eigenvalue weighted by atomic mass is 35.5. The molecule has 104 valence electrons. The van der Waals surface area contributed by atoms with Crippen molar-refractivity contribution in [1.29, 1.82) is 0 Å². The van der Waals surface area contributed by atoms with E-state index in [1.54, 1.807) is 0 Å². The van der Waals surface area contributed by atoms with E-state index in [4.69, 9.17) is 27.9 Å². The van der Waals surface area contributed by atoms with Gasteiger partial charge < -0.3 is 15.4 Å². The molecule has 0 saturated heterocycles. The standard InChI is InChI=1S/C9H9Cl2N3O4S/c10-1-5(15)12-3-8(17)18-7-4-19-9(14-7)13-6(16)2-11/h4H,1-3H2,(H,12,15)(H,13,14,16). The number of amides is 2. The summed E-state index contributed by atoms with van der Waals surface area (Å²) in [5.74, 6) is -1.99. The van der Waals surface area contributed by atoms with Gasteiger partial charge in [0.1, 0.15) is 18.3 Å². The lowest BCUT2D eigenvalue weighted by molar-refractivity contribution is -0.135. The molecule has 1 rings (SSSR count). The minimum Gasteiger partial charge on any atom is -0.405 e. The molecule has 0 fully saturated rings. The molecule has 10 heteroatoms. The van der Waals surface area contributed by atoms with Gasteiger partial charge in [-0.1, -0.05) is 0 Å². The molecule has 0 aliphatic rings. The molecular formula is C9H9Cl2N3O4S. The number of hydrogen-bond acceptors (Lipinski definition) is 6. The average Bonchev–Trinajstić information content (AvgIpc) is 2.82. The van der Waals surface area contributed by atoms with E-state index in [0.717, 1.165) is 11.3 Å². The number of hydrogen-bond donors (Lipinski definition) is 2. The molecule has 19 heavy (non-hydrogen) atoms. The van der Waals surface area contributed by atoms with E-state index in [9.17, 15) is 14.4 Å². The van der Waals surface area contributed by atoms with Crippen LogP contribution in [-0.2, 0) is 14.4 Å². The first-order valence-electron chi connectivity index (χ1n) is 4.90. The molecule has 0 saturated carbocycles. The van der Waals surface area contributed by atoms with Crippen molar-refractivity contribution in [1.82, 2.24) is 10.3 Å². The first kappa shape index (κ1) is 15.7. The SMILES string of the molecule is O=C(CCl)NCC(=O)Oc1csc(NC(=O)CCl)n1. The average molecular weight is 326 g/mol. The third-order valence-electron chi connectivity index (χ3n) is 1.62. The van der Waals surface area contributed by atoms with Gasteiger partial charge in [0, 0.05) is 0 Å². The molecule has 0 spiro atoms. The van der Waals surface area contributed by atoms with Crippen LogP contribution in [0.4, 0.5) is 5.13 Å². The largest absolute Gasteiger partial charge is 0.405 e. The Morgan fingerprint density at radius 1 is 1.26 bits per heavy atom. The number of esters is 1. The maximum Gasteiger partial charge on any atom is 0.332 e. The molecule has 0 aliphatic carbocycles. The Morgan fingerprint density at radius 2 is 1.95 bits per heavy atom.